The molecule has 2 rings (SSSR count). The van der Waals surface area contributed by atoms with E-state index in [1.807, 2.05) is 31.4 Å². The lowest BCUT2D eigenvalue weighted by molar-refractivity contribution is 0.0694. The van der Waals surface area contributed by atoms with Crippen molar-refractivity contribution in [1.29, 1.82) is 0 Å². The van der Waals surface area contributed by atoms with Gasteiger partial charge in [-0.25, -0.2) is 4.79 Å². The minimum absolute atomic E-state index is 0.223. The Hall–Kier alpha value is -2.20. The van der Waals surface area contributed by atoms with Crippen LogP contribution in [0.15, 0.2) is 48.8 Å². The van der Waals surface area contributed by atoms with Gasteiger partial charge in [-0.1, -0.05) is 31.2 Å². The third-order valence-corrected chi connectivity index (χ3v) is 3.66. The van der Waals surface area contributed by atoms with E-state index in [0.717, 1.165) is 17.5 Å². The van der Waals surface area contributed by atoms with Gasteiger partial charge in [0.2, 0.25) is 0 Å². The molecule has 4 nitrogen and oxygen atoms in total. The molecule has 0 aliphatic carbocycles. The van der Waals surface area contributed by atoms with E-state index in [1.165, 1.54) is 0 Å². The fourth-order valence-electron chi connectivity index (χ4n) is 2.62. The van der Waals surface area contributed by atoms with Crippen molar-refractivity contribution in [2.75, 3.05) is 7.05 Å². The van der Waals surface area contributed by atoms with Crippen molar-refractivity contribution in [2.45, 2.75) is 25.9 Å². The molecule has 4 heteroatoms. The van der Waals surface area contributed by atoms with E-state index in [1.54, 1.807) is 18.3 Å². The lowest BCUT2D eigenvalue weighted by Crippen LogP contribution is -2.24. The van der Waals surface area contributed by atoms with Crippen LogP contribution in [0, 0.1) is 0 Å². The number of pyridine rings is 1. The Morgan fingerprint density at radius 2 is 2.05 bits per heavy atom. The molecule has 1 aromatic carbocycles. The molecule has 2 aromatic rings. The maximum atomic E-state index is 11.3. The second-order valence-electron chi connectivity index (χ2n) is 5.09. The standard InChI is InChI=1S/C17H20N2O2/c1-3-16(13-8-6-10-18-11-13)19(2)12-14-7-4-5-9-15(14)17(20)21/h4-11,16H,3,12H2,1-2H3,(H,20,21)/t16-/m0/s1. The minimum atomic E-state index is -0.881. The van der Waals surface area contributed by atoms with Crippen LogP contribution in [-0.2, 0) is 6.54 Å². The van der Waals surface area contributed by atoms with Gasteiger partial charge in [0.25, 0.3) is 0 Å². The zero-order chi connectivity index (χ0) is 15.2. The van der Waals surface area contributed by atoms with Gasteiger partial charge in [0.1, 0.15) is 0 Å². The number of aromatic nitrogens is 1. The SMILES string of the molecule is CC[C@@H](c1cccnc1)N(C)Cc1ccccc1C(=O)O. The molecular formula is C17H20N2O2. The Bertz CT molecular complexity index is 599. The number of nitrogens with zero attached hydrogens (tertiary/aromatic N) is 2. The van der Waals surface area contributed by atoms with Gasteiger partial charge in [-0.15, -0.1) is 0 Å². The van der Waals surface area contributed by atoms with Crippen LogP contribution in [0.5, 0.6) is 0 Å². The number of hydrogen-bond donors (Lipinski definition) is 1. The van der Waals surface area contributed by atoms with E-state index in [2.05, 4.69) is 22.9 Å². The molecule has 1 atom stereocenters. The minimum Gasteiger partial charge on any atom is -0.478 e. The van der Waals surface area contributed by atoms with Crippen LogP contribution in [0.1, 0.15) is 40.9 Å². The van der Waals surface area contributed by atoms with E-state index in [-0.39, 0.29) is 6.04 Å². The number of rotatable bonds is 6. The molecule has 0 bridgehead atoms. The first kappa shape index (κ1) is 15.2. The highest BCUT2D eigenvalue weighted by Gasteiger charge is 2.18. The second kappa shape index (κ2) is 6.99. The maximum Gasteiger partial charge on any atom is 0.336 e. The lowest BCUT2D eigenvalue weighted by Gasteiger charge is -2.27. The van der Waals surface area contributed by atoms with E-state index >= 15 is 0 Å². The molecule has 0 amide bonds. The topological polar surface area (TPSA) is 53.4 Å². The predicted molar refractivity (Wildman–Crippen MR) is 82.1 cm³/mol. The van der Waals surface area contributed by atoms with E-state index in [9.17, 15) is 9.90 Å². The number of benzene rings is 1. The fraction of sp³-hybridized carbons (Fsp3) is 0.294. The zero-order valence-electron chi connectivity index (χ0n) is 12.4. The van der Waals surface area contributed by atoms with Crippen molar-refractivity contribution in [3.8, 4) is 0 Å². The Kier molecular flexibility index (Phi) is 5.06. The summed E-state index contributed by atoms with van der Waals surface area (Å²) in [5, 5.41) is 9.26. The highest BCUT2D eigenvalue weighted by molar-refractivity contribution is 5.89. The largest absolute Gasteiger partial charge is 0.478 e. The van der Waals surface area contributed by atoms with Crippen LogP contribution in [0.25, 0.3) is 0 Å². The van der Waals surface area contributed by atoms with Gasteiger partial charge >= 0.3 is 5.97 Å². The number of aromatic carboxylic acids is 1. The van der Waals surface area contributed by atoms with Crippen molar-refractivity contribution < 1.29 is 9.90 Å². The summed E-state index contributed by atoms with van der Waals surface area (Å²) in [4.78, 5) is 17.6. The smallest absolute Gasteiger partial charge is 0.336 e. The average molecular weight is 284 g/mol. The Labute approximate surface area is 125 Å². The Morgan fingerprint density at radius 1 is 1.29 bits per heavy atom. The number of hydrogen-bond acceptors (Lipinski definition) is 3. The van der Waals surface area contributed by atoms with Crippen molar-refractivity contribution in [3.63, 3.8) is 0 Å². The highest BCUT2D eigenvalue weighted by atomic mass is 16.4. The van der Waals surface area contributed by atoms with Gasteiger partial charge in [-0.3, -0.25) is 9.88 Å². The van der Waals surface area contributed by atoms with Gasteiger partial charge in [0.15, 0.2) is 0 Å². The molecule has 0 aliphatic heterocycles. The lowest BCUT2D eigenvalue weighted by atomic mass is 10.0. The summed E-state index contributed by atoms with van der Waals surface area (Å²) < 4.78 is 0. The first-order valence-corrected chi connectivity index (χ1v) is 7.04. The Morgan fingerprint density at radius 3 is 2.67 bits per heavy atom. The molecule has 21 heavy (non-hydrogen) atoms. The van der Waals surface area contributed by atoms with E-state index < -0.39 is 5.97 Å². The summed E-state index contributed by atoms with van der Waals surface area (Å²) in [5.74, 6) is -0.881. The van der Waals surface area contributed by atoms with Crippen molar-refractivity contribution >= 4 is 5.97 Å². The van der Waals surface area contributed by atoms with Gasteiger partial charge in [-0.2, -0.15) is 0 Å². The molecule has 110 valence electrons. The summed E-state index contributed by atoms with van der Waals surface area (Å²) in [6, 6.07) is 11.4. The van der Waals surface area contributed by atoms with Crippen LogP contribution >= 0.6 is 0 Å². The first-order valence-electron chi connectivity index (χ1n) is 7.04. The van der Waals surface area contributed by atoms with Gasteiger partial charge < -0.3 is 5.11 Å². The van der Waals surface area contributed by atoms with E-state index in [0.29, 0.717) is 12.1 Å². The molecule has 0 saturated carbocycles. The second-order valence-corrected chi connectivity index (χ2v) is 5.09. The van der Waals surface area contributed by atoms with Gasteiger partial charge in [0, 0.05) is 25.0 Å². The number of carboxylic acid groups (broad SMARTS) is 1. The third kappa shape index (κ3) is 3.67. The molecule has 1 aromatic heterocycles. The molecule has 0 radical (unpaired) electrons. The van der Waals surface area contributed by atoms with Gasteiger partial charge in [0.05, 0.1) is 5.56 Å². The average Bonchev–Trinajstić information content (AvgIpc) is 2.49. The van der Waals surface area contributed by atoms with Crippen LogP contribution in [-0.4, -0.2) is 28.0 Å². The van der Waals surface area contributed by atoms with Gasteiger partial charge in [-0.05, 0) is 36.7 Å². The summed E-state index contributed by atoms with van der Waals surface area (Å²) in [5.41, 5.74) is 2.34. The molecule has 0 spiro atoms. The first-order chi connectivity index (χ1) is 10.1. The van der Waals surface area contributed by atoms with Crippen molar-refractivity contribution in [1.82, 2.24) is 9.88 Å². The molecule has 1 heterocycles. The van der Waals surface area contributed by atoms with Crippen molar-refractivity contribution in [2.24, 2.45) is 0 Å². The quantitative estimate of drug-likeness (QED) is 0.883. The molecule has 0 saturated heterocycles. The molecule has 1 N–H and O–H groups in total. The third-order valence-electron chi connectivity index (χ3n) is 3.66. The van der Waals surface area contributed by atoms with Crippen LogP contribution in [0.3, 0.4) is 0 Å². The fourth-order valence-corrected chi connectivity index (χ4v) is 2.62. The van der Waals surface area contributed by atoms with Crippen LogP contribution < -0.4 is 0 Å². The highest BCUT2D eigenvalue weighted by Crippen LogP contribution is 2.24. The normalized spacial score (nSPS) is 12.3. The van der Waals surface area contributed by atoms with Crippen LogP contribution in [0.4, 0.5) is 0 Å². The summed E-state index contributed by atoms with van der Waals surface area (Å²) in [6.45, 7) is 2.72. The van der Waals surface area contributed by atoms with E-state index in [4.69, 9.17) is 0 Å². The Balaban J connectivity index is 2.21. The molecular weight excluding hydrogens is 264 g/mol. The number of carboxylic acids is 1. The summed E-state index contributed by atoms with van der Waals surface area (Å²) in [7, 11) is 2.01. The zero-order valence-corrected chi connectivity index (χ0v) is 12.4. The summed E-state index contributed by atoms with van der Waals surface area (Å²) >= 11 is 0. The van der Waals surface area contributed by atoms with Crippen molar-refractivity contribution in [3.05, 3.63) is 65.5 Å². The summed E-state index contributed by atoms with van der Waals surface area (Å²) in [6.07, 6.45) is 4.57. The predicted octanol–water partition coefficient (Wildman–Crippen LogP) is 3.36. The number of carbonyl (C=O) groups is 1. The van der Waals surface area contributed by atoms with Crippen LogP contribution in [0.2, 0.25) is 0 Å². The monoisotopic (exact) mass is 284 g/mol. The maximum absolute atomic E-state index is 11.3. The molecule has 0 unspecified atom stereocenters. The molecule has 0 aliphatic rings. The molecule has 0 fully saturated rings.